The van der Waals surface area contributed by atoms with Gasteiger partial charge in [-0.15, -0.1) is 0 Å². The number of benzene rings is 1. The Balaban J connectivity index is 1.98. The van der Waals surface area contributed by atoms with E-state index in [0.29, 0.717) is 5.82 Å². The second-order valence-electron chi connectivity index (χ2n) is 4.14. The van der Waals surface area contributed by atoms with Gasteiger partial charge in [0, 0.05) is 12.6 Å². The summed E-state index contributed by atoms with van der Waals surface area (Å²) < 4.78 is 1.61. The summed E-state index contributed by atoms with van der Waals surface area (Å²) in [6.45, 7) is 0. The number of nitrogens with zero attached hydrogens (tertiary/aromatic N) is 4. The summed E-state index contributed by atoms with van der Waals surface area (Å²) in [6, 6.07) is 10.6. The molecule has 3 aromatic rings. The number of rotatable bonds is 2. The summed E-state index contributed by atoms with van der Waals surface area (Å²) in [4.78, 5) is 8.80. The molecule has 2 N–H and O–H groups in total. The second-order valence-corrected chi connectivity index (χ2v) is 4.14. The van der Waals surface area contributed by atoms with Crippen molar-refractivity contribution in [3.05, 3.63) is 48.9 Å². The van der Waals surface area contributed by atoms with Gasteiger partial charge < -0.3 is 5.73 Å². The number of aromatic nitrogens is 4. The lowest BCUT2D eigenvalue weighted by molar-refractivity contribution is 0.779. The Bertz CT molecular complexity index is 686. The Morgan fingerprint density at radius 1 is 1.05 bits per heavy atom. The first-order chi connectivity index (χ1) is 9.25. The largest absolute Gasteiger partial charge is 0.383 e. The quantitative estimate of drug-likeness (QED) is 0.754. The SMILES string of the molecule is Cn1ncc(-c2cnc(-c3cc[c]cc3)cn2)c1N. The zero-order valence-electron chi connectivity index (χ0n) is 10.4. The van der Waals surface area contributed by atoms with Gasteiger partial charge in [0.2, 0.25) is 0 Å². The van der Waals surface area contributed by atoms with Crippen molar-refractivity contribution in [1.29, 1.82) is 0 Å². The Kier molecular flexibility index (Phi) is 2.72. The van der Waals surface area contributed by atoms with Crippen LogP contribution in [0.25, 0.3) is 22.5 Å². The van der Waals surface area contributed by atoms with Crippen molar-refractivity contribution in [2.75, 3.05) is 5.73 Å². The fourth-order valence-electron chi connectivity index (χ4n) is 1.82. The third-order valence-electron chi connectivity index (χ3n) is 2.93. The first-order valence-electron chi connectivity index (χ1n) is 5.82. The lowest BCUT2D eigenvalue weighted by Gasteiger charge is -2.02. The van der Waals surface area contributed by atoms with E-state index in [2.05, 4.69) is 21.1 Å². The highest BCUT2D eigenvalue weighted by molar-refractivity contribution is 5.70. The van der Waals surface area contributed by atoms with Crippen molar-refractivity contribution in [3.63, 3.8) is 0 Å². The highest BCUT2D eigenvalue weighted by Gasteiger charge is 2.09. The van der Waals surface area contributed by atoms with E-state index in [1.165, 1.54) is 0 Å². The van der Waals surface area contributed by atoms with Gasteiger partial charge in [0.25, 0.3) is 0 Å². The van der Waals surface area contributed by atoms with Gasteiger partial charge in [0.1, 0.15) is 5.82 Å². The summed E-state index contributed by atoms with van der Waals surface area (Å²) >= 11 is 0. The number of nitrogen functional groups attached to an aromatic ring is 1. The highest BCUT2D eigenvalue weighted by atomic mass is 15.3. The zero-order chi connectivity index (χ0) is 13.2. The van der Waals surface area contributed by atoms with Gasteiger partial charge in [-0.05, 0) is 6.07 Å². The molecule has 0 aliphatic carbocycles. The molecule has 0 saturated heterocycles. The van der Waals surface area contributed by atoms with Crippen LogP contribution in [0.2, 0.25) is 0 Å². The molecule has 0 aliphatic heterocycles. The fraction of sp³-hybridized carbons (Fsp3) is 0.0714. The minimum atomic E-state index is 0.580. The molecule has 2 heterocycles. The van der Waals surface area contributed by atoms with E-state index in [0.717, 1.165) is 22.5 Å². The maximum atomic E-state index is 5.91. The Morgan fingerprint density at radius 3 is 2.32 bits per heavy atom. The predicted molar refractivity (Wildman–Crippen MR) is 72.9 cm³/mol. The van der Waals surface area contributed by atoms with E-state index in [9.17, 15) is 0 Å². The van der Waals surface area contributed by atoms with Crippen LogP contribution in [0.3, 0.4) is 0 Å². The van der Waals surface area contributed by atoms with Crippen molar-refractivity contribution >= 4 is 5.82 Å². The molecule has 1 aromatic carbocycles. The first-order valence-corrected chi connectivity index (χ1v) is 5.82. The highest BCUT2D eigenvalue weighted by Crippen LogP contribution is 2.23. The van der Waals surface area contributed by atoms with Crippen LogP contribution < -0.4 is 5.73 Å². The molecule has 3 rings (SSSR count). The van der Waals surface area contributed by atoms with E-state index < -0.39 is 0 Å². The number of aryl methyl sites for hydroxylation is 1. The first kappa shape index (κ1) is 11.4. The van der Waals surface area contributed by atoms with Crippen LogP contribution in [0, 0.1) is 6.07 Å². The van der Waals surface area contributed by atoms with E-state index in [4.69, 9.17) is 5.73 Å². The Morgan fingerprint density at radius 2 is 1.74 bits per heavy atom. The topological polar surface area (TPSA) is 69.6 Å². The third kappa shape index (κ3) is 2.06. The van der Waals surface area contributed by atoms with Gasteiger partial charge in [-0.1, -0.05) is 24.3 Å². The van der Waals surface area contributed by atoms with Crippen LogP contribution in [0.1, 0.15) is 0 Å². The molecule has 0 bridgehead atoms. The number of anilines is 1. The van der Waals surface area contributed by atoms with Crippen LogP contribution in [-0.4, -0.2) is 19.7 Å². The van der Waals surface area contributed by atoms with Crippen LogP contribution in [0.5, 0.6) is 0 Å². The van der Waals surface area contributed by atoms with Crippen molar-refractivity contribution in [2.45, 2.75) is 0 Å². The van der Waals surface area contributed by atoms with Crippen molar-refractivity contribution in [3.8, 4) is 22.5 Å². The molecule has 5 nitrogen and oxygen atoms in total. The average molecular weight is 250 g/mol. The summed E-state index contributed by atoms with van der Waals surface area (Å²) in [5.41, 5.74) is 9.26. The number of hydrogen-bond acceptors (Lipinski definition) is 4. The van der Waals surface area contributed by atoms with E-state index in [1.54, 1.807) is 30.3 Å². The van der Waals surface area contributed by atoms with Gasteiger partial charge in [-0.3, -0.25) is 14.6 Å². The molecular weight excluding hydrogens is 238 g/mol. The fourth-order valence-corrected chi connectivity index (χ4v) is 1.82. The number of hydrogen-bond donors (Lipinski definition) is 1. The zero-order valence-corrected chi connectivity index (χ0v) is 10.4. The summed E-state index contributed by atoms with van der Waals surface area (Å²) in [5.74, 6) is 0.580. The van der Waals surface area contributed by atoms with Crippen LogP contribution >= 0.6 is 0 Å². The molecule has 0 unspecified atom stereocenters. The van der Waals surface area contributed by atoms with E-state index in [-0.39, 0.29) is 0 Å². The smallest absolute Gasteiger partial charge is 0.130 e. The predicted octanol–water partition coefficient (Wildman–Crippen LogP) is 1.93. The van der Waals surface area contributed by atoms with Gasteiger partial charge >= 0.3 is 0 Å². The third-order valence-corrected chi connectivity index (χ3v) is 2.93. The van der Waals surface area contributed by atoms with Crippen molar-refractivity contribution < 1.29 is 0 Å². The lowest BCUT2D eigenvalue weighted by Crippen LogP contribution is -1.98. The maximum Gasteiger partial charge on any atom is 0.130 e. The molecule has 0 saturated carbocycles. The molecule has 19 heavy (non-hydrogen) atoms. The molecule has 0 atom stereocenters. The monoisotopic (exact) mass is 250 g/mol. The molecule has 0 amide bonds. The molecule has 0 spiro atoms. The van der Waals surface area contributed by atoms with Crippen LogP contribution in [0.4, 0.5) is 5.82 Å². The molecule has 0 fully saturated rings. The number of nitrogens with two attached hydrogens (primary N) is 1. The van der Waals surface area contributed by atoms with E-state index >= 15 is 0 Å². The molecule has 2 aromatic heterocycles. The Labute approximate surface area is 110 Å². The van der Waals surface area contributed by atoms with Gasteiger partial charge in [0.05, 0.1) is 35.5 Å². The van der Waals surface area contributed by atoms with Gasteiger partial charge in [0.15, 0.2) is 0 Å². The minimum Gasteiger partial charge on any atom is -0.383 e. The standard InChI is InChI=1S/C14H12N5/c1-19-14(15)11(7-18-19)13-9-16-12(8-17-13)10-5-3-2-4-6-10/h3-9H,15H2,1H3. The summed E-state index contributed by atoms with van der Waals surface area (Å²) in [5, 5.41) is 4.09. The van der Waals surface area contributed by atoms with Crippen molar-refractivity contribution in [2.24, 2.45) is 7.05 Å². The van der Waals surface area contributed by atoms with E-state index in [1.807, 2.05) is 24.3 Å². The normalized spacial score (nSPS) is 10.6. The van der Waals surface area contributed by atoms with Gasteiger partial charge in [-0.2, -0.15) is 5.10 Å². The van der Waals surface area contributed by atoms with Crippen LogP contribution in [-0.2, 0) is 7.05 Å². The molecular formula is C14H12N5. The van der Waals surface area contributed by atoms with Crippen LogP contribution in [0.15, 0.2) is 42.9 Å². The minimum absolute atomic E-state index is 0.580. The second kappa shape index (κ2) is 4.53. The average Bonchev–Trinajstić information content (AvgIpc) is 2.80. The summed E-state index contributed by atoms with van der Waals surface area (Å²) in [6.07, 6.45) is 5.13. The molecule has 5 heteroatoms. The van der Waals surface area contributed by atoms with Crippen molar-refractivity contribution in [1.82, 2.24) is 19.7 Å². The van der Waals surface area contributed by atoms with Gasteiger partial charge in [-0.25, -0.2) is 0 Å². The molecule has 0 aliphatic rings. The molecule has 93 valence electrons. The maximum absolute atomic E-state index is 5.91. The Hall–Kier alpha value is -2.69. The molecule has 1 radical (unpaired) electrons. The lowest BCUT2D eigenvalue weighted by atomic mass is 10.1. The summed E-state index contributed by atoms with van der Waals surface area (Å²) in [7, 11) is 1.79.